The van der Waals surface area contributed by atoms with Gasteiger partial charge in [0.2, 0.25) is 0 Å². The summed E-state index contributed by atoms with van der Waals surface area (Å²) in [5.41, 5.74) is 4.00. The first-order valence-electron chi connectivity index (χ1n) is 8.07. The molecule has 8 heteroatoms. The number of piperidine rings is 1. The number of carbonyl (C=O) groups excluding carboxylic acids is 1. The predicted octanol–water partition coefficient (Wildman–Crippen LogP) is 4.07. The van der Waals surface area contributed by atoms with Gasteiger partial charge in [-0.15, -0.1) is 0 Å². The molecule has 1 amide bonds. The third-order valence-corrected chi connectivity index (χ3v) is 3.70. The van der Waals surface area contributed by atoms with E-state index in [0.29, 0.717) is 25.9 Å². The van der Waals surface area contributed by atoms with Crippen molar-refractivity contribution in [2.24, 2.45) is 0 Å². The van der Waals surface area contributed by atoms with E-state index in [1.807, 2.05) is 0 Å². The Bertz CT molecular complexity index is 619. The predicted molar refractivity (Wildman–Crippen MR) is 87.3 cm³/mol. The van der Waals surface area contributed by atoms with Crippen LogP contribution in [-0.2, 0) is 10.9 Å². The van der Waals surface area contributed by atoms with Crippen molar-refractivity contribution in [2.75, 3.05) is 18.8 Å². The van der Waals surface area contributed by atoms with Crippen molar-refractivity contribution in [3.63, 3.8) is 0 Å². The Kier molecular flexibility index (Phi) is 5.39. The van der Waals surface area contributed by atoms with Gasteiger partial charge in [0.25, 0.3) is 0 Å². The molecule has 2 N–H and O–H groups in total. The van der Waals surface area contributed by atoms with Crippen LogP contribution in [0.15, 0.2) is 18.2 Å². The summed E-state index contributed by atoms with van der Waals surface area (Å²) in [4.78, 5) is 13.5. The molecule has 1 heterocycles. The number of hydrogen-bond donors (Lipinski definition) is 1. The third-order valence-electron chi connectivity index (χ3n) is 3.70. The Morgan fingerprint density at radius 3 is 2.32 bits per heavy atom. The fraction of sp³-hybridized carbons (Fsp3) is 0.588. The fourth-order valence-electron chi connectivity index (χ4n) is 2.53. The molecule has 25 heavy (non-hydrogen) atoms. The maximum Gasteiger partial charge on any atom is 0.420 e. The molecule has 0 spiro atoms. The molecule has 140 valence electrons. The van der Waals surface area contributed by atoms with Crippen molar-refractivity contribution in [1.29, 1.82) is 0 Å². The highest BCUT2D eigenvalue weighted by Crippen LogP contribution is 2.38. The van der Waals surface area contributed by atoms with Gasteiger partial charge in [-0.3, -0.25) is 0 Å². The SMILES string of the molecule is CC(C)(C)OC(=O)N1CCC(Oc2ccc(N)cc2C(F)(F)F)CC1. The Morgan fingerprint density at radius 2 is 1.80 bits per heavy atom. The summed E-state index contributed by atoms with van der Waals surface area (Å²) in [5, 5.41) is 0. The van der Waals surface area contributed by atoms with Crippen LogP contribution in [0, 0.1) is 0 Å². The quantitative estimate of drug-likeness (QED) is 0.808. The van der Waals surface area contributed by atoms with Crippen LogP contribution in [0.25, 0.3) is 0 Å². The number of alkyl halides is 3. The molecule has 0 radical (unpaired) electrons. The number of carbonyl (C=O) groups is 1. The Balaban J connectivity index is 1.98. The molecular formula is C17H23F3N2O3. The number of ether oxygens (including phenoxy) is 2. The van der Waals surface area contributed by atoms with Gasteiger partial charge in [0.15, 0.2) is 0 Å². The molecule has 5 nitrogen and oxygen atoms in total. The molecule has 1 fully saturated rings. The minimum Gasteiger partial charge on any atom is -0.490 e. The van der Waals surface area contributed by atoms with Crippen LogP contribution in [0.2, 0.25) is 0 Å². The summed E-state index contributed by atoms with van der Waals surface area (Å²) in [6.45, 7) is 6.08. The second-order valence-electron chi connectivity index (χ2n) is 7.04. The van der Waals surface area contributed by atoms with Crippen LogP contribution in [0.4, 0.5) is 23.7 Å². The lowest BCUT2D eigenvalue weighted by Crippen LogP contribution is -2.44. The number of nitrogens with two attached hydrogens (primary N) is 1. The van der Waals surface area contributed by atoms with E-state index >= 15 is 0 Å². The second kappa shape index (κ2) is 7.01. The summed E-state index contributed by atoms with van der Waals surface area (Å²) in [7, 11) is 0. The average Bonchev–Trinajstić information content (AvgIpc) is 2.47. The Morgan fingerprint density at radius 1 is 1.20 bits per heavy atom. The van der Waals surface area contributed by atoms with E-state index in [1.165, 1.54) is 12.1 Å². The van der Waals surface area contributed by atoms with E-state index in [0.717, 1.165) is 6.07 Å². The highest BCUT2D eigenvalue weighted by atomic mass is 19.4. The largest absolute Gasteiger partial charge is 0.490 e. The molecule has 0 atom stereocenters. The molecule has 0 unspecified atom stereocenters. The molecule has 1 aromatic rings. The van der Waals surface area contributed by atoms with Crippen LogP contribution in [-0.4, -0.2) is 35.8 Å². The number of nitrogen functional groups attached to an aromatic ring is 1. The van der Waals surface area contributed by atoms with Gasteiger partial charge in [-0.25, -0.2) is 4.79 Å². The lowest BCUT2D eigenvalue weighted by atomic mass is 10.1. The van der Waals surface area contributed by atoms with Crippen molar-refractivity contribution in [1.82, 2.24) is 4.90 Å². The average molecular weight is 360 g/mol. The number of anilines is 1. The molecule has 1 aromatic carbocycles. The molecule has 1 aliphatic rings. The first-order valence-corrected chi connectivity index (χ1v) is 8.07. The van der Waals surface area contributed by atoms with Crippen LogP contribution < -0.4 is 10.5 Å². The van der Waals surface area contributed by atoms with Gasteiger partial charge in [-0.2, -0.15) is 13.2 Å². The molecular weight excluding hydrogens is 337 g/mol. The number of rotatable bonds is 2. The van der Waals surface area contributed by atoms with Gasteiger partial charge < -0.3 is 20.1 Å². The van der Waals surface area contributed by atoms with E-state index in [1.54, 1.807) is 25.7 Å². The van der Waals surface area contributed by atoms with Gasteiger partial charge in [0.05, 0.1) is 5.56 Å². The van der Waals surface area contributed by atoms with E-state index in [2.05, 4.69) is 0 Å². The van der Waals surface area contributed by atoms with Crippen molar-refractivity contribution in [3.8, 4) is 5.75 Å². The van der Waals surface area contributed by atoms with Crippen LogP contribution in [0.5, 0.6) is 5.75 Å². The zero-order valence-electron chi connectivity index (χ0n) is 14.5. The van der Waals surface area contributed by atoms with Crippen molar-refractivity contribution >= 4 is 11.8 Å². The minimum absolute atomic E-state index is 0.0272. The van der Waals surface area contributed by atoms with E-state index in [-0.39, 0.29) is 11.4 Å². The van der Waals surface area contributed by atoms with Crippen LogP contribution in [0.1, 0.15) is 39.2 Å². The molecule has 1 aliphatic heterocycles. The van der Waals surface area contributed by atoms with Gasteiger partial charge in [0.1, 0.15) is 17.5 Å². The van der Waals surface area contributed by atoms with Crippen LogP contribution in [0.3, 0.4) is 0 Å². The standard InChI is InChI=1S/C17H23F3N2O3/c1-16(2,3)25-15(23)22-8-6-12(7-9-22)24-14-5-4-11(21)10-13(14)17(18,19)20/h4-5,10,12H,6-9,21H2,1-3H3. The number of halogens is 3. The first kappa shape index (κ1) is 19.2. The highest BCUT2D eigenvalue weighted by Gasteiger charge is 2.36. The first-order chi connectivity index (χ1) is 11.5. The van der Waals surface area contributed by atoms with Gasteiger partial charge in [-0.05, 0) is 39.0 Å². The van der Waals surface area contributed by atoms with Gasteiger partial charge >= 0.3 is 12.3 Å². The normalized spacial score (nSPS) is 16.6. The minimum atomic E-state index is -4.54. The van der Waals surface area contributed by atoms with Gasteiger partial charge in [-0.1, -0.05) is 0 Å². The molecule has 0 bridgehead atoms. The van der Waals surface area contributed by atoms with Crippen molar-refractivity contribution in [3.05, 3.63) is 23.8 Å². The number of nitrogens with zero attached hydrogens (tertiary/aromatic N) is 1. The van der Waals surface area contributed by atoms with E-state index in [4.69, 9.17) is 15.2 Å². The van der Waals surface area contributed by atoms with Gasteiger partial charge in [0, 0.05) is 31.6 Å². The zero-order valence-corrected chi connectivity index (χ0v) is 14.5. The number of benzene rings is 1. The monoisotopic (exact) mass is 360 g/mol. The summed E-state index contributed by atoms with van der Waals surface area (Å²) >= 11 is 0. The summed E-state index contributed by atoms with van der Waals surface area (Å²) in [6.07, 6.45) is -4.50. The Labute approximate surface area is 144 Å². The third kappa shape index (κ3) is 5.44. The smallest absolute Gasteiger partial charge is 0.420 e. The number of hydrogen-bond acceptors (Lipinski definition) is 4. The molecule has 1 saturated heterocycles. The lowest BCUT2D eigenvalue weighted by Gasteiger charge is -2.33. The van der Waals surface area contributed by atoms with E-state index in [9.17, 15) is 18.0 Å². The molecule has 0 aliphatic carbocycles. The van der Waals surface area contributed by atoms with Crippen molar-refractivity contribution < 1.29 is 27.4 Å². The fourth-order valence-corrected chi connectivity index (χ4v) is 2.53. The Hall–Kier alpha value is -2.12. The second-order valence-corrected chi connectivity index (χ2v) is 7.04. The molecule has 2 rings (SSSR count). The topological polar surface area (TPSA) is 64.8 Å². The number of amides is 1. The maximum absolute atomic E-state index is 13.1. The highest BCUT2D eigenvalue weighted by molar-refractivity contribution is 5.68. The summed E-state index contributed by atoms with van der Waals surface area (Å²) in [6, 6.07) is 3.48. The summed E-state index contributed by atoms with van der Waals surface area (Å²) in [5.74, 6) is -0.239. The zero-order chi connectivity index (χ0) is 18.8. The molecule has 0 saturated carbocycles. The molecule has 0 aromatic heterocycles. The lowest BCUT2D eigenvalue weighted by molar-refractivity contribution is -0.139. The summed E-state index contributed by atoms with van der Waals surface area (Å²) < 4.78 is 50.1. The van der Waals surface area contributed by atoms with Crippen LogP contribution >= 0.6 is 0 Å². The van der Waals surface area contributed by atoms with Crippen molar-refractivity contribution in [2.45, 2.75) is 51.5 Å². The maximum atomic E-state index is 13.1. The number of likely N-dealkylation sites (tertiary alicyclic amines) is 1. The van der Waals surface area contributed by atoms with E-state index < -0.39 is 29.5 Å².